The molecule has 1 fully saturated rings. The van der Waals surface area contributed by atoms with Crippen LogP contribution in [0, 0.1) is 6.92 Å². The Bertz CT molecular complexity index is 1260. The van der Waals surface area contributed by atoms with Crippen LogP contribution in [-0.2, 0) is 49.4 Å². The maximum atomic E-state index is 12.3. The fourth-order valence-electron chi connectivity index (χ4n) is 3.82. The highest BCUT2D eigenvalue weighted by Crippen LogP contribution is 2.21. The smallest absolute Gasteiger partial charge is 0.340 e. The van der Waals surface area contributed by atoms with E-state index in [9.17, 15) is 24.0 Å². The Morgan fingerprint density at radius 1 is 0.902 bits per heavy atom. The number of nitrogen functional groups attached to an aromatic ring is 1. The van der Waals surface area contributed by atoms with Gasteiger partial charge in [-0.15, -0.1) is 5.06 Å². The summed E-state index contributed by atoms with van der Waals surface area (Å²) in [5, 5.41) is 3.95. The molecule has 0 aliphatic carbocycles. The normalized spacial score (nSPS) is 13.2. The van der Waals surface area contributed by atoms with Crippen LogP contribution in [0.3, 0.4) is 0 Å². The Balaban J connectivity index is 1.12. The highest BCUT2D eigenvalue weighted by Gasteiger charge is 2.32. The highest BCUT2D eigenvalue weighted by atomic mass is 16.7. The number of nitrogens with two attached hydrogens (primary N) is 1. The van der Waals surface area contributed by atoms with Gasteiger partial charge in [-0.2, -0.15) is 0 Å². The number of fused-ring (bicyclic) bond motifs is 1. The van der Waals surface area contributed by atoms with Crippen molar-refractivity contribution in [3.05, 3.63) is 39.7 Å². The number of anilines is 1. The van der Waals surface area contributed by atoms with E-state index in [2.05, 4.69) is 5.32 Å². The molecule has 0 saturated carbocycles. The molecule has 3 N–H and O–H groups in total. The average molecular weight is 578 g/mol. The van der Waals surface area contributed by atoms with Gasteiger partial charge in [0.1, 0.15) is 5.58 Å². The lowest BCUT2D eigenvalue weighted by Crippen LogP contribution is -2.32. The summed E-state index contributed by atoms with van der Waals surface area (Å²) in [6, 6.07) is 5.05. The van der Waals surface area contributed by atoms with Crippen molar-refractivity contribution in [3.63, 3.8) is 0 Å². The summed E-state index contributed by atoms with van der Waals surface area (Å²) < 4.78 is 26.7. The molecule has 2 heterocycles. The zero-order valence-electron chi connectivity index (χ0n) is 22.9. The molecule has 41 heavy (non-hydrogen) atoms. The van der Waals surface area contributed by atoms with Gasteiger partial charge in [0.05, 0.1) is 71.3 Å². The lowest BCUT2D eigenvalue weighted by molar-refractivity contribution is -0.198. The number of amides is 3. The summed E-state index contributed by atoms with van der Waals surface area (Å²) in [4.78, 5) is 63.7. The number of nitrogens with one attached hydrogen (secondary N) is 1. The molecule has 224 valence electrons. The molecule has 2 aromatic rings. The minimum atomic E-state index is -0.718. The number of nitrogens with zero attached hydrogens (tertiary/aromatic N) is 1. The van der Waals surface area contributed by atoms with E-state index in [1.54, 1.807) is 25.1 Å². The molecule has 0 spiro atoms. The molecule has 1 aliphatic rings. The Morgan fingerprint density at radius 2 is 1.49 bits per heavy atom. The molecule has 1 aliphatic heterocycles. The van der Waals surface area contributed by atoms with E-state index in [1.165, 1.54) is 0 Å². The fraction of sp³-hybridized carbons (Fsp3) is 0.519. The maximum Gasteiger partial charge on any atom is 0.340 e. The zero-order chi connectivity index (χ0) is 29.6. The summed E-state index contributed by atoms with van der Waals surface area (Å²) in [6.07, 6.45) is -0.102. The van der Waals surface area contributed by atoms with Gasteiger partial charge < -0.3 is 39.3 Å². The predicted molar refractivity (Wildman–Crippen MR) is 143 cm³/mol. The molecule has 0 radical (unpaired) electrons. The number of hydrogen-bond acceptors (Lipinski definition) is 12. The molecule has 14 nitrogen and oxygen atoms in total. The van der Waals surface area contributed by atoms with Crippen LogP contribution in [-0.4, -0.2) is 88.2 Å². The summed E-state index contributed by atoms with van der Waals surface area (Å²) in [5.74, 6) is -2.08. The van der Waals surface area contributed by atoms with Crippen LogP contribution in [0.1, 0.15) is 30.4 Å². The van der Waals surface area contributed by atoms with Crippen LogP contribution < -0.4 is 16.7 Å². The molecule has 0 unspecified atom stereocenters. The van der Waals surface area contributed by atoms with Crippen molar-refractivity contribution < 1.29 is 47.4 Å². The first kappa shape index (κ1) is 31.7. The number of imide groups is 1. The van der Waals surface area contributed by atoms with E-state index in [-0.39, 0.29) is 58.0 Å². The molecule has 0 atom stereocenters. The van der Waals surface area contributed by atoms with Crippen molar-refractivity contribution in [2.24, 2.45) is 0 Å². The third-order valence-corrected chi connectivity index (χ3v) is 5.98. The van der Waals surface area contributed by atoms with Crippen molar-refractivity contribution >= 4 is 40.3 Å². The van der Waals surface area contributed by atoms with E-state index < -0.39 is 23.4 Å². The van der Waals surface area contributed by atoms with Crippen LogP contribution in [0.2, 0.25) is 0 Å². The van der Waals surface area contributed by atoms with Crippen molar-refractivity contribution in [3.8, 4) is 0 Å². The van der Waals surface area contributed by atoms with Crippen molar-refractivity contribution in [1.29, 1.82) is 0 Å². The van der Waals surface area contributed by atoms with E-state index >= 15 is 0 Å². The van der Waals surface area contributed by atoms with Gasteiger partial charge in [-0.05, 0) is 24.6 Å². The van der Waals surface area contributed by atoms with Gasteiger partial charge >= 0.3 is 11.6 Å². The van der Waals surface area contributed by atoms with Gasteiger partial charge in [0.15, 0.2) is 0 Å². The fourth-order valence-corrected chi connectivity index (χ4v) is 3.82. The molecule has 1 aromatic heterocycles. The molecular formula is C27H35N3O11. The van der Waals surface area contributed by atoms with Crippen LogP contribution in [0.5, 0.6) is 0 Å². The Hall–Kier alpha value is -3.85. The highest BCUT2D eigenvalue weighted by molar-refractivity contribution is 6.01. The van der Waals surface area contributed by atoms with Gasteiger partial charge in [0.25, 0.3) is 11.8 Å². The van der Waals surface area contributed by atoms with E-state index in [0.29, 0.717) is 60.5 Å². The van der Waals surface area contributed by atoms with Gasteiger partial charge in [-0.25, -0.2) is 9.59 Å². The minimum Gasteiger partial charge on any atom is -0.422 e. The lowest BCUT2D eigenvalue weighted by atomic mass is 10.0. The molecule has 3 amide bonds. The standard InChI is InChI=1S/C27H35N3O11/c1-18-20-3-2-19(28)16-22(20)40-27(35)21(18)17-23(31)29-7-9-37-11-13-39-15-14-38-12-10-36-8-6-26(34)41-30-24(32)4-5-25(30)33/h2-3,16H,4-15,17,28H2,1H3,(H,29,31). The SMILES string of the molecule is Cc1c(CC(=O)NCCOCCOCCOCCOCCC(=O)ON2C(=O)CCC2=O)c(=O)oc2cc(N)ccc12. The molecule has 3 rings (SSSR count). The number of ether oxygens (including phenoxy) is 4. The number of aryl methyl sites for hydroxylation is 1. The van der Waals surface area contributed by atoms with Gasteiger partial charge in [-0.3, -0.25) is 14.4 Å². The lowest BCUT2D eigenvalue weighted by Gasteiger charge is -2.12. The molecule has 14 heteroatoms. The van der Waals surface area contributed by atoms with E-state index in [4.69, 9.17) is 33.9 Å². The Morgan fingerprint density at radius 3 is 2.12 bits per heavy atom. The van der Waals surface area contributed by atoms with Gasteiger partial charge in [0, 0.05) is 36.5 Å². The molecule has 1 aromatic carbocycles. The monoisotopic (exact) mass is 577 g/mol. The first-order valence-electron chi connectivity index (χ1n) is 13.2. The van der Waals surface area contributed by atoms with Crippen LogP contribution in [0.4, 0.5) is 5.69 Å². The molecule has 1 saturated heterocycles. The maximum absolute atomic E-state index is 12.3. The Kier molecular flexibility index (Phi) is 12.7. The van der Waals surface area contributed by atoms with Gasteiger partial charge in [-0.1, -0.05) is 0 Å². The number of carbonyl (C=O) groups is 4. The second kappa shape index (κ2) is 16.4. The zero-order valence-corrected chi connectivity index (χ0v) is 22.9. The summed E-state index contributed by atoms with van der Waals surface area (Å²) >= 11 is 0. The third-order valence-electron chi connectivity index (χ3n) is 5.98. The van der Waals surface area contributed by atoms with E-state index in [1.807, 2.05) is 0 Å². The number of hydrogen-bond donors (Lipinski definition) is 2. The first-order valence-corrected chi connectivity index (χ1v) is 13.2. The van der Waals surface area contributed by atoms with Crippen molar-refractivity contribution in [2.45, 2.75) is 32.6 Å². The minimum absolute atomic E-state index is 0.0463. The van der Waals surface area contributed by atoms with E-state index in [0.717, 1.165) is 5.39 Å². The Labute approximate surface area is 235 Å². The summed E-state index contributed by atoms with van der Waals surface area (Å²) in [7, 11) is 0. The summed E-state index contributed by atoms with van der Waals surface area (Å²) in [5.41, 5.74) is 7.04. The largest absolute Gasteiger partial charge is 0.422 e. The summed E-state index contributed by atoms with van der Waals surface area (Å²) in [6.45, 7) is 4.34. The quantitative estimate of drug-likeness (QED) is 0.108. The van der Waals surface area contributed by atoms with Gasteiger partial charge in [0.2, 0.25) is 5.91 Å². The second-order valence-electron chi connectivity index (χ2n) is 9.02. The van der Waals surface area contributed by atoms with Crippen molar-refractivity contribution in [2.75, 3.05) is 65.1 Å². The molecular weight excluding hydrogens is 542 g/mol. The number of hydroxylamine groups is 2. The molecule has 0 bridgehead atoms. The van der Waals surface area contributed by atoms with Crippen LogP contribution in [0.25, 0.3) is 11.0 Å². The third kappa shape index (κ3) is 10.2. The second-order valence-corrected chi connectivity index (χ2v) is 9.02. The number of benzene rings is 1. The van der Waals surface area contributed by atoms with Crippen LogP contribution in [0.15, 0.2) is 27.4 Å². The first-order chi connectivity index (χ1) is 19.8. The topological polar surface area (TPSA) is 186 Å². The predicted octanol–water partition coefficient (Wildman–Crippen LogP) is 0.406. The van der Waals surface area contributed by atoms with Crippen LogP contribution >= 0.6 is 0 Å². The number of rotatable bonds is 18. The average Bonchev–Trinajstić information content (AvgIpc) is 3.25. The number of carbonyl (C=O) groups excluding carboxylic acids is 4. The van der Waals surface area contributed by atoms with Crippen molar-refractivity contribution in [1.82, 2.24) is 10.4 Å².